The number of hydrogen-bond donors (Lipinski definition) is 2. The quantitative estimate of drug-likeness (QED) is 0.890. The van der Waals surface area contributed by atoms with Crippen molar-refractivity contribution in [3.05, 3.63) is 52.0 Å². The molecule has 0 saturated carbocycles. The Bertz CT molecular complexity index is 567. The molecule has 1 amide bonds. The van der Waals surface area contributed by atoms with Crippen LogP contribution in [-0.4, -0.2) is 39.0 Å². The highest BCUT2D eigenvalue weighted by Gasteiger charge is 2.19. The lowest BCUT2D eigenvalue weighted by atomic mass is 10.2. The summed E-state index contributed by atoms with van der Waals surface area (Å²) in [5.74, 6) is -0.281. The highest BCUT2D eigenvalue weighted by molar-refractivity contribution is 6.41. The predicted molar refractivity (Wildman–Crippen MR) is 76.9 cm³/mol. The van der Waals surface area contributed by atoms with E-state index >= 15 is 0 Å². The van der Waals surface area contributed by atoms with Gasteiger partial charge in [-0.25, -0.2) is 0 Å². The smallest absolute Gasteiger partial charge is 0.270 e. The van der Waals surface area contributed by atoms with E-state index in [0.29, 0.717) is 11.6 Å². The number of carbonyl (C=O) groups is 1. The Kier molecular flexibility index (Phi) is 5.00. The van der Waals surface area contributed by atoms with Crippen LogP contribution in [0.25, 0.3) is 0 Å². The molecule has 0 aliphatic heterocycles. The van der Waals surface area contributed by atoms with Crippen molar-refractivity contribution in [2.24, 2.45) is 0 Å². The zero-order valence-corrected chi connectivity index (χ0v) is 12.0. The van der Waals surface area contributed by atoms with Crippen molar-refractivity contribution in [1.29, 1.82) is 0 Å². The molecule has 7 heteroatoms. The molecule has 0 aliphatic rings. The molecule has 0 unspecified atom stereocenters. The largest absolute Gasteiger partial charge is 0.395 e. The first-order chi connectivity index (χ1) is 9.61. The van der Waals surface area contributed by atoms with Crippen molar-refractivity contribution in [2.45, 2.75) is 6.54 Å². The maximum atomic E-state index is 12.4. The third-order valence-electron chi connectivity index (χ3n) is 2.71. The first-order valence-electron chi connectivity index (χ1n) is 5.95. The Labute approximate surface area is 126 Å². The summed E-state index contributed by atoms with van der Waals surface area (Å²) in [4.78, 5) is 20.6. The van der Waals surface area contributed by atoms with Gasteiger partial charge < -0.3 is 15.0 Å². The van der Waals surface area contributed by atoms with Crippen LogP contribution < -0.4 is 0 Å². The number of hydrogen-bond acceptors (Lipinski definition) is 3. The van der Waals surface area contributed by atoms with Crippen molar-refractivity contribution < 1.29 is 9.90 Å². The summed E-state index contributed by atoms with van der Waals surface area (Å²) in [6, 6.07) is 5.12. The number of carbonyl (C=O) groups excluding carboxylic acids is 1. The topological polar surface area (TPSA) is 69.2 Å². The van der Waals surface area contributed by atoms with Gasteiger partial charge in [0.05, 0.1) is 11.6 Å². The molecular weight excluding hydrogens is 301 g/mol. The van der Waals surface area contributed by atoms with Gasteiger partial charge in [-0.15, -0.1) is 0 Å². The number of aliphatic hydroxyl groups excluding tert-OH is 1. The Balaban J connectivity index is 2.17. The second-order valence-electron chi connectivity index (χ2n) is 4.16. The van der Waals surface area contributed by atoms with E-state index < -0.39 is 0 Å². The monoisotopic (exact) mass is 313 g/mol. The first kappa shape index (κ1) is 14.8. The lowest BCUT2D eigenvalue weighted by Crippen LogP contribution is -2.33. The van der Waals surface area contributed by atoms with Crippen LogP contribution in [0.1, 0.15) is 16.1 Å². The molecule has 2 rings (SSSR count). The number of rotatable bonds is 5. The van der Waals surface area contributed by atoms with Crippen molar-refractivity contribution in [2.75, 3.05) is 13.2 Å². The lowest BCUT2D eigenvalue weighted by Gasteiger charge is -2.21. The summed E-state index contributed by atoms with van der Waals surface area (Å²) in [6.07, 6.45) is 3.33. The molecule has 0 aromatic carbocycles. The van der Waals surface area contributed by atoms with E-state index in [0.717, 1.165) is 5.56 Å². The summed E-state index contributed by atoms with van der Waals surface area (Å²) in [5.41, 5.74) is 1.16. The van der Waals surface area contributed by atoms with E-state index in [9.17, 15) is 4.79 Å². The Morgan fingerprint density at radius 1 is 1.45 bits per heavy atom. The molecule has 2 heterocycles. The number of aromatic amines is 1. The SMILES string of the molecule is O=C(c1cc(Cl)c(Cl)[nH]1)N(CCO)Cc1cccnc1. The van der Waals surface area contributed by atoms with Crippen LogP contribution in [0.3, 0.4) is 0 Å². The molecule has 2 aromatic heterocycles. The normalized spacial score (nSPS) is 10.6. The molecule has 0 fully saturated rings. The number of amides is 1. The van der Waals surface area contributed by atoms with Crippen molar-refractivity contribution in [3.8, 4) is 0 Å². The maximum absolute atomic E-state index is 12.4. The maximum Gasteiger partial charge on any atom is 0.270 e. The van der Waals surface area contributed by atoms with Gasteiger partial charge in [-0.2, -0.15) is 0 Å². The predicted octanol–water partition coefficient (Wildman–Crippen LogP) is 2.35. The number of nitrogens with one attached hydrogen (secondary N) is 1. The van der Waals surface area contributed by atoms with Crippen molar-refractivity contribution >= 4 is 29.1 Å². The minimum atomic E-state index is -0.281. The molecule has 0 spiro atoms. The average molecular weight is 314 g/mol. The summed E-state index contributed by atoms with van der Waals surface area (Å²) in [7, 11) is 0. The van der Waals surface area contributed by atoms with Crippen LogP contribution in [0, 0.1) is 0 Å². The van der Waals surface area contributed by atoms with E-state index in [-0.39, 0.29) is 29.9 Å². The van der Waals surface area contributed by atoms with Crippen molar-refractivity contribution in [1.82, 2.24) is 14.9 Å². The second kappa shape index (κ2) is 6.74. The number of aromatic nitrogens is 2. The van der Waals surface area contributed by atoms with Crippen LogP contribution in [0.4, 0.5) is 0 Å². The van der Waals surface area contributed by atoms with Gasteiger partial charge >= 0.3 is 0 Å². The van der Waals surface area contributed by atoms with Crippen LogP contribution in [0.15, 0.2) is 30.6 Å². The molecule has 2 N–H and O–H groups in total. The van der Waals surface area contributed by atoms with Crippen LogP contribution >= 0.6 is 23.2 Å². The van der Waals surface area contributed by atoms with Crippen molar-refractivity contribution in [3.63, 3.8) is 0 Å². The molecule has 20 heavy (non-hydrogen) atoms. The van der Waals surface area contributed by atoms with Gasteiger partial charge in [0.15, 0.2) is 0 Å². The fourth-order valence-electron chi connectivity index (χ4n) is 1.77. The molecule has 0 aliphatic carbocycles. The van der Waals surface area contributed by atoms with Gasteiger partial charge in [0.25, 0.3) is 5.91 Å². The third-order valence-corrected chi connectivity index (χ3v) is 3.40. The van der Waals surface area contributed by atoms with Gasteiger partial charge in [0, 0.05) is 25.5 Å². The zero-order valence-electron chi connectivity index (χ0n) is 10.5. The lowest BCUT2D eigenvalue weighted by molar-refractivity contribution is 0.0702. The van der Waals surface area contributed by atoms with E-state index in [1.165, 1.54) is 11.0 Å². The molecule has 5 nitrogen and oxygen atoms in total. The summed E-state index contributed by atoms with van der Waals surface area (Å²) < 4.78 is 0. The highest BCUT2D eigenvalue weighted by Crippen LogP contribution is 2.23. The van der Waals surface area contributed by atoms with Crippen LogP contribution in [0.5, 0.6) is 0 Å². The molecule has 0 atom stereocenters. The van der Waals surface area contributed by atoms with E-state index in [4.69, 9.17) is 28.3 Å². The van der Waals surface area contributed by atoms with E-state index in [1.54, 1.807) is 18.5 Å². The fourth-order valence-corrected chi connectivity index (χ4v) is 2.09. The van der Waals surface area contributed by atoms with Crippen LogP contribution in [0.2, 0.25) is 10.2 Å². The zero-order chi connectivity index (χ0) is 14.5. The van der Waals surface area contributed by atoms with E-state index in [1.807, 2.05) is 6.07 Å². The standard InChI is InChI=1S/C13H13Cl2N3O2/c14-10-6-11(17-12(10)15)13(20)18(4-5-19)8-9-2-1-3-16-7-9/h1-3,6-7,17,19H,4-5,8H2. The van der Waals surface area contributed by atoms with Gasteiger partial charge in [-0.3, -0.25) is 9.78 Å². The molecule has 2 aromatic rings. The van der Waals surface area contributed by atoms with Gasteiger partial charge in [0.2, 0.25) is 0 Å². The number of halogens is 2. The van der Waals surface area contributed by atoms with Gasteiger partial charge in [0.1, 0.15) is 10.8 Å². The molecule has 106 valence electrons. The number of aliphatic hydroxyl groups is 1. The number of pyridine rings is 1. The molecule has 0 saturated heterocycles. The Hall–Kier alpha value is -1.56. The first-order valence-corrected chi connectivity index (χ1v) is 6.70. The summed E-state index contributed by atoms with van der Waals surface area (Å²) in [6.45, 7) is 0.428. The molecule has 0 bridgehead atoms. The fraction of sp³-hybridized carbons (Fsp3) is 0.231. The number of H-pyrrole nitrogens is 1. The minimum Gasteiger partial charge on any atom is -0.395 e. The Morgan fingerprint density at radius 2 is 2.25 bits per heavy atom. The van der Waals surface area contributed by atoms with E-state index in [2.05, 4.69) is 9.97 Å². The van der Waals surface area contributed by atoms with Gasteiger partial charge in [-0.1, -0.05) is 29.3 Å². The average Bonchev–Trinajstić information content (AvgIpc) is 2.78. The third kappa shape index (κ3) is 3.50. The van der Waals surface area contributed by atoms with Gasteiger partial charge in [-0.05, 0) is 17.7 Å². The minimum absolute atomic E-state index is 0.131. The second-order valence-corrected chi connectivity index (χ2v) is 4.94. The summed E-state index contributed by atoms with van der Waals surface area (Å²) in [5, 5.41) is 9.61. The number of nitrogens with zero attached hydrogens (tertiary/aromatic N) is 2. The van der Waals surface area contributed by atoms with Crippen LogP contribution in [-0.2, 0) is 6.54 Å². The Morgan fingerprint density at radius 3 is 2.80 bits per heavy atom. The summed E-state index contributed by atoms with van der Waals surface area (Å²) >= 11 is 11.6. The molecular formula is C13H13Cl2N3O2. The highest BCUT2D eigenvalue weighted by atomic mass is 35.5. The molecule has 0 radical (unpaired) electrons.